The molecule has 1 heterocycles. The highest BCUT2D eigenvalue weighted by Crippen LogP contribution is 2.44. The molecule has 4 nitrogen and oxygen atoms in total. The van der Waals surface area contributed by atoms with E-state index in [4.69, 9.17) is 9.11 Å². The second kappa shape index (κ2) is 2.20. The Balaban J connectivity index is 2.66. The molecule has 0 aromatic carbocycles. The Bertz CT molecular complexity index is 161. The molecular weight excluding hydrogens is 154 g/mol. The number of carbonyl (C=O) groups is 1. The van der Waals surface area contributed by atoms with Crippen LogP contribution in [0.1, 0.15) is 13.3 Å². The predicted molar refractivity (Wildman–Crippen MR) is 39.9 cm³/mol. The fourth-order valence-corrected chi connectivity index (χ4v) is 2.62. The maximum Gasteiger partial charge on any atom is 0.141 e. The molecule has 1 saturated heterocycles. The van der Waals surface area contributed by atoms with Crippen LogP contribution in [0.2, 0.25) is 0 Å². The third-order valence-corrected chi connectivity index (χ3v) is 3.13. The van der Waals surface area contributed by atoms with Crippen molar-refractivity contribution < 1.29 is 13.9 Å². The average Bonchev–Trinajstić information content (AvgIpc) is 2.08. The zero-order valence-electron chi connectivity index (χ0n) is 5.70. The van der Waals surface area contributed by atoms with E-state index in [1.54, 1.807) is 6.92 Å². The van der Waals surface area contributed by atoms with Crippen LogP contribution in [0.3, 0.4) is 0 Å². The minimum absolute atomic E-state index is 0.280. The van der Waals surface area contributed by atoms with Crippen LogP contribution in [0.4, 0.5) is 0 Å². The van der Waals surface area contributed by atoms with E-state index in [-0.39, 0.29) is 5.75 Å². The van der Waals surface area contributed by atoms with Crippen molar-refractivity contribution >= 4 is 17.1 Å². The summed E-state index contributed by atoms with van der Waals surface area (Å²) in [4.78, 5) is 10.3. The molecule has 1 aliphatic heterocycles. The first kappa shape index (κ1) is 8.00. The SMILES string of the molecule is CC1(C=O)CCS(O)(O)N1. The molecule has 0 radical (unpaired) electrons. The van der Waals surface area contributed by atoms with Crippen LogP contribution in [0.15, 0.2) is 0 Å². The quantitative estimate of drug-likeness (QED) is 0.498. The maximum atomic E-state index is 10.3. The van der Waals surface area contributed by atoms with Crippen LogP contribution in [-0.4, -0.2) is 26.7 Å². The van der Waals surface area contributed by atoms with Gasteiger partial charge < -0.3 is 4.79 Å². The fraction of sp³-hybridized carbons (Fsp3) is 0.800. The van der Waals surface area contributed by atoms with E-state index in [1.807, 2.05) is 0 Å². The molecule has 0 spiro atoms. The second-order valence-electron chi connectivity index (χ2n) is 2.76. The van der Waals surface area contributed by atoms with Crippen LogP contribution in [0.5, 0.6) is 0 Å². The van der Waals surface area contributed by atoms with Crippen molar-refractivity contribution in [2.45, 2.75) is 18.9 Å². The molecule has 1 unspecified atom stereocenters. The normalized spacial score (nSPS) is 41.1. The number of aldehydes is 1. The van der Waals surface area contributed by atoms with Gasteiger partial charge in [-0.1, -0.05) is 0 Å². The van der Waals surface area contributed by atoms with Gasteiger partial charge in [0, 0.05) is 0 Å². The van der Waals surface area contributed by atoms with Gasteiger partial charge in [-0.05, 0) is 13.3 Å². The lowest BCUT2D eigenvalue weighted by molar-refractivity contribution is -0.112. The van der Waals surface area contributed by atoms with E-state index in [1.165, 1.54) is 0 Å². The minimum Gasteiger partial charge on any atom is -0.301 e. The summed E-state index contributed by atoms with van der Waals surface area (Å²) in [7, 11) is -2.65. The molecule has 0 aromatic rings. The molecule has 0 saturated carbocycles. The molecule has 0 aliphatic carbocycles. The topological polar surface area (TPSA) is 69.6 Å². The maximum absolute atomic E-state index is 10.3. The van der Waals surface area contributed by atoms with Gasteiger partial charge in [-0.15, -0.1) is 10.8 Å². The van der Waals surface area contributed by atoms with Crippen molar-refractivity contribution in [1.29, 1.82) is 0 Å². The number of rotatable bonds is 1. The number of nitrogens with one attached hydrogen (secondary N) is 1. The zero-order chi connectivity index (χ0) is 7.83. The first-order valence-corrected chi connectivity index (χ1v) is 4.70. The second-order valence-corrected chi connectivity index (χ2v) is 4.70. The molecule has 60 valence electrons. The highest BCUT2D eigenvalue weighted by Gasteiger charge is 2.37. The van der Waals surface area contributed by atoms with Crippen molar-refractivity contribution in [1.82, 2.24) is 4.72 Å². The van der Waals surface area contributed by atoms with E-state index in [2.05, 4.69) is 4.72 Å². The molecular formula is C5H11NO3S. The smallest absolute Gasteiger partial charge is 0.141 e. The van der Waals surface area contributed by atoms with E-state index in [9.17, 15) is 4.79 Å². The van der Waals surface area contributed by atoms with Gasteiger partial charge in [-0.25, -0.2) is 4.72 Å². The van der Waals surface area contributed by atoms with Crippen molar-refractivity contribution in [2.75, 3.05) is 5.75 Å². The third-order valence-electron chi connectivity index (χ3n) is 1.56. The molecule has 0 aromatic heterocycles. The van der Waals surface area contributed by atoms with Gasteiger partial charge in [0.15, 0.2) is 0 Å². The minimum atomic E-state index is -2.65. The largest absolute Gasteiger partial charge is 0.301 e. The lowest BCUT2D eigenvalue weighted by Gasteiger charge is -2.28. The third kappa shape index (κ3) is 1.49. The first-order valence-electron chi connectivity index (χ1n) is 2.99. The molecule has 1 aliphatic rings. The summed E-state index contributed by atoms with van der Waals surface area (Å²) >= 11 is 0. The van der Waals surface area contributed by atoms with E-state index < -0.39 is 16.3 Å². The summed E-state index contributed by atoms with van der Waals surface area (Å²) in [5.74, 6) is 0.280. The van der Waals surface area contributed by atoms with Gasteiger partial charge in [0.1, 0.15) is 6.29 Å². The average molecular weight is 165 g/mol. The van der Waals surface area contributed by atoms with Gasteiger partial charge in [0.05, 0.1) is 11.3 Å². The monoisotopic (exact) mass is 165 g/mol. The van der Waals surface area contributed by atoms with Gasteiger partial charge in [-0.2, -0.15) is 0 Å². The lowest BCUT2D eigenvalue weighted by atomic mass is 10.0. The molecule has 1 rings (SSSR count). The summed E-state index contributed by atoms with van der Waals surface area (Å²) in [6.45, 7) is 1.65. The van der Waals surface area contributed by atoms with E-state index in [0.29, 0.717) is 12.7 Å². The number of hydrogen-bond donors (Lipinski definition) is 3. The Labute approximate surface area is 61.1 Å². The van der Waals surface area contributed by atoms with E-state index >= 15 is 0 Å². The van der Waals surface area contributed by atoms with Crippen LogP contribution in [-0.2, 0) is 4.79 Å². The van der Waals surface area contributed by atoms with Crippen molar-refractivity contribution in [3.63, 3.8) is 0 Å². The van der Waals surface area contributed by atoms with Gasteiger partial charge in [0.2, 0.25) is 0 Å². The van der Waals surface area contributed by atoms with Gasteiger partial charge in [-0.3, -0.25) is 9.11 Å². The van der Waals surface area contributed by atoms with Crippen LogP contribution in [0.25, 0.3) is 0 Å². The molecule has 3 N–H and O–H groups in total. The molecule has 5 heteroatoms. The molecule has 0 amide bonds. The lowest BCUT2D eigenvalue weighted by Crippen LogP contribution is -2.38. The highest BCUT2D eigenvalue weighted by atomic mass is 32.3. The predicted octanol–water partition coefficient (Wildman–Crippen LogP) is 0.603. The molecule has 0 bridgehead atoms. The zero-order valence-corrected chi connectivity index (χ0v) is 6.52. The Morgan fingerprint density at radius 1 is 1.70 bits per heavy atom. The molecule has 1 atom stereocenters. The summed E-state index contributed by atoms with van der Waals surface area (Å²) in [6.07, 6.45) is 1.22. The summed E-state index contributed by atoms with van der Waals surface area (Å²) in [5.41, 5.74) is -0.723. The summed E-state index contributed by atoms with van der Waals surface area (Å²) in [5, 5.41) is 0. The van der Waals surface area contributed by atoms with Crippen molar-refractivity contribution in [3.05, 3.63) is 0 Å². The van der Waals surface area contributed by atoms with Gasteiger partial charge >= 0.3 is 0 Å². The summed E-state index contributed by atoms with van der Waals surface area (Å²) < 4.78 is 20.5. The molecule has 1 fully saturated rings. The van der Waals surface area contributed by atoms with Gasteiger partial charge in [0.25, 0.3) is 0 Å². The van der Waals surface area contributed by atoms with Crippen LogP contribution in [0, 0.1) is 0 Å². The van der Waals surface area contributed by atoms with Crippen LogP contribution >= 0.6 is 10.8 Å². The Morgan fingerprint density at radius 3 is 2.50 bits per heavy atom. The number of hydrogen-bond acceptors (Lipinski definition) is 4. The Hall–Kier alpha value is -0.100. The number of carbonyl (C=O) groups excluding carboxylic acids is 1. The summed E-state index contributed by atoms with van der Waals surface area (Å²) in [6, 6.07) is 0. The Kier molecular flexibility index (Phi) is 1.76. The van der Waals surface area contributed by atoms with E-state index in [0.717, 1.165) is 0 Å². The molecule has 10 heavy (non-hydrogen) atoms. The Morgan fingerprint density at radius 2 is 2.30 bits per heavy atom. The standard InChI is InChI=1S/C5H11NO3S/c1-5(4-7)2-3-10(8,9)6-5/h4,6,8-9H,2-3H2,1H3. The van der Waals surface area contributed by atoms with Crippen molar-refractivity contribution in [2.24, 2.45) is 0 Å². The highest BCUT2D eigenvalue weighted by molar-refractivity contribution is 8.22. The fourth-order valence-electron chi connectivity index (χ4n) is 0.913. The first-order chi connectivity index (χ1) is 4.47. The van der Waals surface area contributed by atoms with Crippen molar-refractivity contribution in [3.8, 4) is 0 Å². The van der Waals surface area contributed by atoms with Crippen LogP contribution < -0.4 is 4.72 Å².